The van der Waals surface area contributed by atoms with Crippen molar-refractivity contribution in [1.29, 1.82) is 0 Å². The van der Waals surface area contributed by atoms with E-state index in [-0.39, 0.29) is 0 Å². The maximum atomic E-state index is 5.47. The zero-order valence-corrected chi connectivity index (χ0v) is 11.6. The van der Waals surface area contributed by atoms with Gasteiger partial charge in [0, 0.05) is 8.07 Å². The first-order chi connectivity index (χ1) is 7.58. The van der Waals surface area contributed by atoms with Crippen molar-refractivity contribution < 1.29 is 4.74 Å². The zero-order valence-electron chi connectivity index (χ0n) is 10.6. The van der Waals surface area contributed by atoms with Gasteiger partial charge in [0.25, 0.3) is 0 Å². The molecule has 0 aliphatic rings. The molecule has 0 unspecified atom stereocenters. The van der Waals surface area contributed by atoms with Gasteiger partial charge in [-0.1, -0.05) is 56.0 Å². The van der Waals surface area contributed by atoms with Crippen LogP contribution in [0.3, 0.4) is 0 Å². The normalized spacial score (nSPS) is 11.9. The monoisotopic (exact) mass is 234 g/mol. The van der Waals surface area contributed by atoms with Crippen molar-refractivity contribution in [1.82, 2.24) is 0 Å². The van der Waals surface area contributed by atoms with Crippen LogP contribution in [0.25, 0.3) is 6.08 Å². The molecule has 0 heterocycles. The molecule has 0 aliphatic carbocycles. The van der Waals surface area contributed by atoms with Gasteiger partial charge in [-0.3, -0.25) is 0 Å². The molecule has 0 spiro atoms. The molecule has 1 rings (SSSR count). The van der Waals surface area contributed by atoms with Gasteiger partial charge in [-0.15, -0.1) is 0 Å². The van der Waals surface area contributed by atoms with E-state index in [9.17, 15) is 0 Å². The van der Waals surface area contributed by atoms with E-state index in [2.05, 4.69) is 31.8 Å². The van der Waals surface area contributed by atoms with Crippen LogP contribution in [-0.4, -0.2) is 14.7 Å². The van der Waals surface area contributed by atoms with Crippen molar-refractivity contribution in [2.75, 3.05) is 6.61 Å². The van der Waals surface area contributed by atoms with Crippen LogP contribution >= 0.6 is 0 Å². The minimum atomic E-state index is -0.885. The lowest BCUT2D eigenvalue weighted by molar-refractivity contribution is 0.252. The number of hydrogen-bond acceptors (Lipinski definition) is 1. The summed E-state index contributed by atoms with van der Waals surface area (Å²) in [5.41, 5.74) is 1.19. The number of ether oxygens (including phenoxy) is 1. The Labute approximate surface area is 100 Å². The molecule has 0 aromatic heterocycles. The molecule has 0 radical (unpaired) electrons. The zero-order chi connectivity index (χ0) is 11.9. The third kappa shape index (κ3) is 6.46. The predicted molar refractivity (Wildman–Crippen MR) is 74.2 cm³/mol. The highest BCUT2D eigenvalue weighted by Gasteiger charge is 2.11. The third-order valence-corrected chi connectivity index (χ3v) is 4.20. The molecule has 0 saturated carbocycles. The average molecular weight is 234 g/mol. The van der Waals surface area contributed by atoms with Crippen LogP contribution in [-0.2, 0) is 4.74 Å². The summed E-state index contributed by atoms with van der Waals surface area (Å²) < 4.78 is 5.47. The molecule has 0 amide bonds. The van der Waals surface area contributed by atoms with Gasteiger partial charge in [-0.25, -0.2) is 0 Å². The molecule has 0 bridgehead atoms. The summed E-state index contributed by atoms with van der Waals surface area (Å²) in [4.78, 5) is 0. The van der Waals surface area contributed by atoms with Crippen molar-refractivity contribution in [3.05, 3.63) is 42.2 Å². The van der Waals surface area contributed by atoms with E-state index in [1.54, 1.807) is 6.26 Å². The second kappa shape index (κ2) is 6.54. The van der Waals surface area contributed by atoms with Gasteiger partial charge in [0.05, 0.1) is 12.9 Å². The van der Waals surface area contributed by atoms with Crippen molar-refractivity contribution in [2.45, 2.75) is 32.1 Å². The standard InChI is InChI=1S/C14H22OSi/c1-16(2,3)13-7-11-15-12-10-14-8-5-4-6-9-14/h4-6,8-10,12H,7,11,13H2,1-3H3. The first-order valence-electron chi connectivity index (χ1n) is 5.91. The largest absolute Gasteiger partial charge is 0.501 e. The van der Waals surface area contributed by atoms with Gasteiger partial charge in [-0.05, 0) is 18.1 Å². The summed E-state index contributed by atoms with van der Waals surface area (Å²) in [5, 5.41) is 0. The molecule has 88 valence electrons. The molecule has 2 heteroatoms. The van der Waals surface area contributed by atoms with Gasteiger partial charge < -0.3 is 4.74 Å². The highest BCUT2D eigenvalue weighted by Crippen LogP contribution is 2.10. The fourth-order valence-electron chi connectivity index (χ4n) is 1.44. The molecule has 0 saturated heterocycles. The van der Waals surface area contributed by atoms with Crippen LogP contribution in [0.5, 0.6) is 0 Å². The Hall–Kier alpha value is -1.02. The summed E-state index contributed by atoms with van der Waals surface area (Å²) in [6, 6.07) is 11.6. The highest BCUT2D eigenvalue weighted by atomic mass is 28.3. The summed E-state index contributed by atoms with van der Waals surface area (Å²) in [7, 11) is -0.885. The lowest BCUT2D eigenvalue weighted by Crippen LogP contribution is -2.19. The molecule has 1 aromatic carbocycles. The van der Waals surface area contributed by atoms with Gasteiger partial charge in [-0.2, -0.15) is 0 Å². The van der Waals surface area contributed by atoms with E-state index < -0.39 is 8.07 Å². The number of hydrogen-bond donors (Lipinski definition) is 0. The molecule has 0 atom stereocenters. The molecule has 1 nitrogen and oxygen atoms in total. The Balaban J connectivity index is 2.14. The topological polar surface area (TPSA) is 9.23 Å². The van der Waals surface area contributed by atoms with Crippen LogP contribution < -0.4 is 0 Å². The SMILES string of the molecule is C[Si](C)(C)CCCOC=Cc1ccccc1. The average Bonchev–Trinajstić information content (AvgIpc) is 2.23. The van der Waals surface area contributed by atoms with E-state index in [1.165, 1.54) is 18.0 Å². The lowest BCUT2D eigenvalue weighted by atomic mass is 10.2. The van der Waals surface area contributed by atoms with Crippen LogP contribution in [0.1, 0.15) is 12.0 Å². The van der Waals surface area contributed by atoms with Crippen LogP contribution in [0.15, 0.2) is 36.6 Å². The smallest absolute Gasteiger partial charge is 0.0870 e. The van der Waals surface area contributed by atoms with E-state index in [0.717, 1.165) is 6.61 Å². The molecule has 0 N–H and O–H groups in total. The first-order valence-corrected chi connectivity index (χ1v) is 9.62. The van der Waals surface area contributed by atoms with E-state index in [4.69, 9.17) is 4.74 Å². The fraction of sp³-hybridized carbons (Fsp3) is 0.429. The summed E-state index contributed by atoms with van der Waals surface area (Å²) >= 11 is 0. The molecule has 0 aliphatic heterocycles. The first kappa shape index (κ1) is 13.0. The number of rotatable bonds is 6. The van der Waals surface area contributed by atoms with Crippen molar-refractivity contribution >= 4 is 14.1 Å². The Morgan fingerprint density at radius 1 is 1.12 bits per heavy atom. The van der Waals surface area contributed by atoms with Gasteiger partial charge in [0.1, 0.15) is 0 Å². The lowest BCUT2D eigenvalue weighted by Gasteiger charge is -2.14. The van der Waals surface area contributed by atoms with Crippen LogP contribution in [0.4, 0.5) is 0 Å². The van der Waals surface area contributed by atoms with Crippen LogP contribution in [0.2, 0.25) is 25.7 Å². The Morgan fingerprint density at radius 3 is 2.44 bits per heavy atom. The molecular weight excluding hydrogens is 212 g/mol. The van der Waals surface area contributed by atoms with Crippen molar-refractivity contribution in [2.24, 2.45) is 0 Å². The number of benzene rings is 1. The predicted octanol–water partition coefficient (Wildman–Crippen LogP) is 4.40. The second-order valence-corrected chi connectivity index (χ2v) is 10.9. The summed E-state index contributed by atoms with van der Waals surface area (Å²) in [5.74, 6) is 0. The second-order valence-electron chi connectivity index (χ2n) is 5.25. The fourth-order valence-corrected chi connectivity index (χ4v) is 2.65. The molecular formula is C14H22OSi. The molecule has 0 fully saturated rings. The van der Waals surface area contributed by atoms with Crippen molar-refractivity contribution in [3.8, 4) is 0 Å². The maximum Gasteiger partial charge on any atom is 0.0870 e. The van der Waals surface area contributed by atoms with Gasteiger partial charge in [0.15, 0.2) is 0 Å². The quantitative estimate of drug-likeness (QED) is 0.403. The highest BCUT2D eigenvalue weighted by molar-refractivity contribution is 6.76. The molecule has 16 heavy (non-hydrogen) atoms. The Morgan fingerprint density at radius 2 is 1.81 bits per heavy atom. The minimum absolute atomic E-state index is 0.841. The summed E-state index contributed by atoms with van der Waals surface area (Å²) in [6.07, 6.45) is 4.99. The maximum absolute atomic E-state index is 5.47. The third-order valence-electron chi connectivity index (χ3n) is 2.35. The van der Waals surface area contributed by atoms with Gasteiger partial charge >= 0.3 is 0 Å². The van der Waals surface area contributed by atoms with E-state index in [1.807, 2.05) is 24.3 Å². The van der Waals surface area contributed by atoms with Crippen LogP contribution in [0, 0.1) is 0 Å². The Bertz CT molecular complexity index is 311. The molecule has 1 aromatic rings. The minimum Gasteiger partial charge on any atom is -0.501 e. The summed E-state index contributed by atoms with van der Waals surface area (Å²) in [6.45, 7) is 8.03. The van der Waals surface area contributed by atoms with Gasteiger partial charge in [0.2, 0.25) is 0 Å². The van der Waals surface area contributed by atoms with Crippen molar-refractivity contribution in [3.63, 3.8) is 0 Å². The Kier molecular flexibility index (Phi) is 5.33. The van der Waals surface area contributed by atoms with E-state index in [0.29, 0.717) is 0 Å². The van der Waals surface area contributed by atoms with E-state index >= 15 is 0 Å².